The summed E-state index contributed by atoms with van der Waals surface area (Å²) in [5.41, 5.74) is -0.187. The van der Waals surface area contributed by atoms with Gasteiger partial charge in [-0.15, -0.1) is 0 Å². The van der Waals surface area contributed by atoms with Crippen molar-refractivity contribution in [3.63, 3.8) is 0 Å². The highest BCUT2D eigenvalue weighted by molar-refractivity contribution is 7.80. The van der Waals surface area contributed by atoms with E-state index in [0.717, 1.165) is 18.9 Å². The average Bonchev–Trinajstić information content (AvgIpc) is 3.27. The molecule has 2 N–H and O–H groups in total. The minimum atomic E-state index is -0.941. The lowest BCUT2D eigenvalue weighted by atomic mass is 10.1. The largest absolute Gasteiger partial charge is 0.463 e. The summed E-state index contributed by atoms with van der Waals surface area (Å²) < 4.78 is 10.6. The van der Waals surface area contributed by atoms with Gasteiger partial charge >= 0.3 is 5.97 Å². The van der Waals surface area contributed by atoms with Gasteiger partial charge in [-0.1, -0.05) is 6.07 Å². The molecule has 0 aliphatic carbocycles. The van der Waals surface area contributed by atoms with E-state index in [4.69, 9.17) is 21.7 Å². The van der Waals surface area contributed by atoms with Crippen LogP contribution in [0.15, 0.2) is 24.3 Å². The molecule has 166 valence electrons. The Balaban J connectivity index is 1.61. The Morgan fingerprint density at radius 1 is 1.42 bits per heavy atom. The van der Waals surface area contributed by atoms with Crippen molar-refractivity contribution in [2.24, 2.45) is 0 Å². The standard InChI is InChI=1S/C19H22N4O7S/c24-16(30-11-14-5-2-8-29-14)10-15-18(26)20-6-7-22(15)19(31)21-17(25)12-3-1-4-13(9-12)23(27)28/h1,3-4,9,14-15H,2,5-8,10-11H2,(H,20,26)(H,21,25,31)/t14-,15+/m1/s1. The number of hydrogen-bond acceptors (Lipinski definition) is 8. The first-order chi connectivity index (χ1) is 14.8. The van der Waals surface area contributed by atoms with Crippen LogP contribution < -0.4 is 10.6 Å². The Kier molecular flexibility index (Phi) is 7.47. The monoisotopic (exact) mass is 450 g/mol. The molecule has 3 rings (SSSR count). The molecule has 2 heterocycles. The van der Waals surface area contributed by atoms with Gasteiger partial charge in [0.25, 0.3) is 11.6 Å². The highest BCUT2D eigenvalue weighted by Gasteiger charge is 2.34. The van der Waals surface area contributed by atoms with Crippen LogP contribution in [-0.2, 0) is 19.1 Å². The van der Waals surface area contributed by atoms with Crippen molar-refractivity contribution in [2.75, 3.05) is 26.3 Å². The van der Waals surface area contributed by atoms with Crippen molar-refractivity contribution in [2.45, 2.75) is 31.4 Å². The van der Waals surface area contributed by atoms with Crippen LogP contribution in [0.1, 0.15) is 29.6 Å². The Labute approximate surface area is 183 Å². The van der Waals surface area contributed by atoms with E-state index in [1.165, 1.54) is 23.1 Å². The smallest absolute Gasteiger partial charge is 0.308 e. The highest BCUT2D eigenvalue weighted by atomic mass is 32.1. The number of nitro benzene ring substituents is 1. The molecule has 1 aromatic carbocycles. The summed E-state index contributed by atoms with van der Waals surface area (Å²) in [5, 5.41) is 16.0. The van der Waals surface area contributed by atoms with Gasteiger partial charge in [0.2, 0.25) is 5.91 Å². The van der Waals surface area contributed by atoms with Crippen LogP contribution in [0.2, 0.25) is 0 Å². The SMILES string of the molecule is O=C(C[C@H]1C(=O)NCCN1C(=S)NC(=O)c1cccc([N+](=O)[O-])c1)OC[C@H]1CCCO1. The van der Waals surface area contributed by atoms with Gasteiger partial charge in [0, 0.05) is 37.4 Å². The summed E-state index contributed by atoms with van der Waals surface area (Å²) in [4.78, 5) is 48.8. The normalized spacial score (nSPS) is 20.6. The van der Waals surface area contributed by atoms with Crippen LogP contribution in [0.25, 0.3) is 0 Å². The van der Waals surface area contributed by atoms with Gasteiger partial charge < -0.3 is 19.7 Å². The zero-order valence-electron chi connectivity index (χ0n) is 16.6. The van der Waals surface area contributed by atoms with Crippen LogP contribution in [0, 0.1) is 10.1 Å². The van der Waals surface area contributed by atoms with Crippen molar-refractivity contribution in [1.82, 2.24) is 15.5 Å². The molecule has 2 saturated heterocycles. The molecule has 11 nitrogen and oxygen atoms in total. The number of hydrogen-bond donors (Lipinski definition) is 2. The fraction of sp³-hybridized carbons (Fsp3) is 0.474. The Morgan fingerprint density at radius 3 is 2.94 bits per heavy atom. The van der Waals surface area contributed by atoms with Gasteiger partial charge in [-0.3, -0.25) is 29.8 Å². The summed E-state index contributed by atoms with van der Waals surface area (Å²) in [7, 11) is 0. The number of piperazine rings is 1. The summed E-state index contributed by atoms with van der Waals surface area (Å²) in [6.45, 7) is 1.33. The summed E-state index contributed by atoms with van der Waals surface area (Å²) in [6, 6.07) is 4.25. The molecule has 12 heteroatoms. The molecule has 0 radical (unpaired) electrons. The van der Waals surface area contributed by atoms with E-state index in [1.807, 2.05) is 0 Å². The number of nitrogens with one attached hydrogen (secondary N) is 2. The van der Waals surface area contributed by atoms with E-state index in [1.54, 1.807) is 0 Å². The maximum atomic E-state index is 12.5. The third-order valence-corrected chi connectivity index (χ3v) is 5.28. The first-order valence-corrected chi connectivity index (χ1v) is 10.2. The molecule has 2 atom stereocenters. The maximum Gasteiger partial charge on any atom is 0.308 e. The topological polar surface area (TPSA) is 140 Å². The summed E-state index contributed by atoms with van der Waals surface area (Å²) in [6.07, 6.45) is 1.36. The lowest BCUT2D eigenvalue weighted by Crippen LogP contribution is -2.60. The number of carbonyl (C=O) groups excluding carboxylic acids is 3. The van der Waals surface area contributed by atoms with Crippen molar-refractivity contribution < 1.29 is 28.8 Å². The fourth-order valence-electron chi connectivity index (χ4n) is 3.34. The average molecular weight is 450 g/mol. The van der Waals surface area contributed by atoms with E-state index in [9.17, 15) is 24.5 Å². The maximum absolute atomic E-state index is 12.5. The Hall–Kier alpha value is -3.12. The zero-order valence-corrected chi connectivity index (χ0v) is 17.4. The predicted octanol–water partition coefficient (Wildman–Crippen LogP) is 0.522. The Morgan fingerprint density at radius 2 is 2.23 bits per heavy atom. The molecule has 0 saturated carbocycles. The first-order valence-electron chi connectivity index (χ1n) is 9.76. The van der Waals surface area contributed by atoms with E-state index in [0.29, 0.717) is 6.61 Å². The molecule has 2 fully saturated rings. The summed E-state index contributed by atoms with van der Waals surface area (Å²) in [5.74, 6) is -1.64. The number of ether oxygens (including phenoxy) is 2. The molecule has 0 unspecified atom stereocenters. The van der Waals surface area contributed by atoms with Gasteiger partial charge in [-0.25, -0.2) is 0 Å². The second kappa shape index (κ2) is 10.3. The second-order valence-electron chi connectivity index (χ2n) is 7.09. The predicted molar refractivity (Wildman–Crippen MR) is 111 cm³/mol. The van der Waals surface area contributed by atoms with Crippen LogP contribution in [-0.4, -0.2) is 71.2 Å². The lowest BCUT2D eigenvalue weighted by molar-refractivity contribution is -0.384. The zero-order chi connectivity index (χ0) is 22.4. The third-order valence-electron chi connectivity index (χ3n) is 4.95. The number of esters is 1. The van der Waals surface area contributed by atoms with E-state index in [-0.39, 0.29) is 48.6 Å². The quantitative estimate of drug-likeness (QED) is 0.275. The van der Waals surface area contributed by atoms with Crippen molar-refractivity contribution in [3.05, 3.63) is 39.9 Å². The van der Waals surface area contributed by atoms with Gasteiger partial charge in [0.15, 0.2) is 5.11 Å². The summed E-state index contributed by atoms with van der Waals surface area (Å²) >= 11 is 5.28. The molecule has 2 aliphatic heterocycles. The molecule has 31 heavy (non-hydrogen) atoms. The number of non-ortho nitro benzene ring substituents is 1. The van der Waals surface area contributed by atoms with E-state index in [2.05, 4.69) is 10.6 Å². The van der Waals surface area contributed by atoms with Gasteiger partial charge in [0.1, 0.15) is 12.6 Å². The van der Waals surface area contributed by atoms with Crippen LogP contribution in [0.3, 0.4) is 0 Å². The highest BCUT2D eigenvalue weighted by Crippen LogP contribution is 2.16. The Bertz CT molecular complexity index is 888. The number of nitrogens with zero attached hydrogens (tertiary/aromatic N) is 2. The minimum absolute atomic E-state index is 0.0468. The number of nitro groups is 1. The lowest BCUT2D eigenvalue weighted by Gasteiger charge is -2.36. The van der Waals surface area contributed by atoms with E-state index >= 15 is 0 Å². The molecule has 0 aromatic heterocycles. The van der Waals surface area contributed by atoms with Crippen molar-refractivity contribution >= 4 is 40.8 Å². The molecular weight excluding hydrogens is 428 g/mol. The van der Waals surface area contributed by atoms with Crippen molar-refractivity contribution in [1.29, 1.82) is 0 Å². The molecule has 0 spiro atoms. The van der Waals surface area contributed by atoms with Crippen LogP contribution in [0.4, 0.5) is 5.69 Å². The number of amides is 2. The van der Waals surface area contributed by atoms with Crippen molar-refractivity contribution in [3.8, 4) is 0 Å². The van der Waals surface area contributed by atoms with Crippen LogP contribution in [0.5, 0.6) is 0 Å². The number of benzene rings is 1. The molecule has 2 amide bonds. The van der Waals surface area contributed by atoms with Gasteiger partial charge in [-0.2, -0.15) is 0 Å². The fourth-order valence-corrected chi connectivity index (χ4v) is 3.65. The van der Waals surface area contributed by atoms with E-state index < -0.39 is 28.7 Å². The van der Waals surface area contributed by atoms with Gasteiger partial charge in [-0.05, 0) is 31.1 Å². The second-order valence-corrected chi connectivity index (χ2v) is 7.48. The number of rotatable bonds is 6. The molecular formula is C19H22N4O7S. The van der Waals surface area contributed by atoms with Crippen LogP contribution >= 0.6 is 12.2 Å². The number of carbonyl (C=O) groups is 3. The first kappa shape index (κ1) is 22.6. The van der Waals surface area contributed by atoms with Gasteiger partial charge in [0.05, 0.1) is 17.4 Å². The third kappa shape index (κ3) is 5.95. The molecule has 1 aromatic rings. The minimum Gasteiger partial charge on any atom is -0.463 e. The number of thiocarbonyl (C=S) groups is 1. The molecule has 0 bridgehead atoms. The molecule has 2 aliphatic rings.